The highest BCUT2D eigenvalue weighted by Gasteiger charge is 2.12. The average Bonchev–Trinajstić information content (AvgIpc) is 2.10. The van der Waals surface area contributed by atoms with E-state index in [9.17, 15) is 4.79 Å². The number of carbonyl (C=O) groups excluding carboxylic acids is 1. The molecule has 0 amide bonds. The first kappa shape index (κ1) is 10.2. The van der Waals surface area contributed by atoms with Gasteiger partial charge in [-0.1, -0.05) is 0 Å². The van der Waals surface area contributed by atoms with Crippen LogP contribution in [0.3, 0.4) is 0 Å². The van der Waals surface area contributed by atoms with Crippen molar-refractivity contribution in [2.24, 2.45) is 0 Å². The summed E-state index contributed by atoms with van der Waals surface area (Å²) in [5, 5.41) is 0. The zero-order valence-corrected chi connectivity index (χ0v) is 9.09. The zero-order chi connectivity index (χ0) is 9.84. The molecule has 0 atom stereocenters. The molecule has 0 spiro atoms. The number of carbonyl (C=O) groups is 1. The lowest BCUT2D eigenvalue weighted by molar-refractivity contribution is 0.0525. The van der Waals surface area contributed by atoms with Gasteiger partial charge in [0.25, 0.3) is 0 Å². The van der Waals surface area contributed by atoms with Gasteiger partial charge in [0.2, 0.25) is 0 Å². The van der Waals surface area contributed by atoms with Crippen molar-refractivity contribution in [2.45, 2.75) is 13.8 Å². The molecule has 3 nitrogen and oxygen atoms in total. The Morgan fingerprint density at radius 3 is 3.00 bits per heavy atom. The lowest BCUT2D eigenvalue weighted by Crippen LogP contribution is -2.06. The van der Waals surface area contributed by atoms with Gasteiger partial charge in [-0.05, 0) is 35.8 Å². The van der Waals surface area contributed by atoms with Gasteiger partial charge in [0, 0.05) is 6.20 Å². The number of hydrogen-bond donors (Lipinski definition) is 0. The number of ether oxygens (including phenoxy) is 1. The predicted octanol–water partition coefficient (Wildman–Crippen LogP) is 2.33. The molecule has 70 valence electrons. The molecule has 0 aromatic carbocycles. The summed E-state index contributed by atoms with van der Waals surface area (Å²) < 4.78 is 5.57. The molecule has 1 aromatic heterocycles. The second-order valence-corrected chi connectivity index (χ2v) is 3.27. The molecule has 13 heavy (non-hydrogen) atoms. The Labute approximate surface area is 85.3 Å². The third kappa shape index (κ3) is 2.28. The molecule has 0 unspecified atom stereocenters. The van der Waals surface area contributed by atoms with E-state index in [4.69, 9.17) is 4.74 Å². The van der Waals surface area contributed by atoms with Gasteiger partial charge in [-0.15, -0.1) is 0 Å². The molecule has 0 aliphatic carbocycles. The Morgan fingerprint density at radius 2 is 2.38 bits per heavy atom. The largest absolute Gasteiger partial charge is 0.462 e. The zero-order valence-electron chi connectivity index (χ0n) is 7.50. The highest BCUT2D eigenvalue weighted by Crippen LogP contribution is 2.19. The standard InChI is InChI=1S/C9H10BrNO2/c1-3-13-9(12)7-4-5-11-6(2)8(7)10/h4-5H,3H2,1-2H3. The molecule has 4 heteroatoms. The van der Waals surface area contributed by atoms with Crippen LogP contribution in [0.25, 0.3) is 0 Å². The normalized spacial score (nSPS) is 9.77. The van der Waals surface area contributed by atoms with Crippen molar-refractivity contribution in [1.82, 2.24) is 4.98 Å². The Hall–Kier alpha value is -0.900. The van der Waals surface area contributed by atoms with Crippen LogP contribution >= 0.6 is 15.9 Å². The number of nitrogens with zero attached hydrogens (tertiary/aromatic N) is 1. The molecule has 0 aliphatic heterocycles. The van der Waals surface area contributed by atoms with Gasteiger partial charge in [0.05, 0.1) is 22.3 Å². The first-order valence-corrected chi connectivity index (χ1v) is 4.74. The minimum atomic E-state index is -0.320. The Bertz CT molecular complexity index is 325. The third-order valence-corrected chi connectivity index (χ3v) is 2.56. The van der Waals surface area contributed by atoms with E-state index >= 15 is 0 Å². The second kappa shape index (κ2) is 4.37. The number of esters is 1. The van der Waals surface area contributed by atoms with Gasteiger partial charge >= 0.3 is 5.97 Å². The summed E-state index contributed by atoms with van der Waals surface area (Å²) >= 11 is 3.29. The smallest absolute Gasteiger partial charge is 0.339 e. The van der Waals surface area contributed by atoms with Crippen LogP contribution in [0.15, 0.2) is 16.7 Å². The quantitative estimate of drug-likeness (QED) is 0.749. The number of hydrogen-bond acceptors (Lipinski definition) is 3. The highest BCUT2D eigenvalue weighted by atomic mass is 79.9. The van der Waals surface area contributed by atoms with Crippen molar-refractivity contribution in [3.05, 3.63) is 28.0 Å². The molecule has 1 rings (SSSR count). The van der Waals surface area contributed by atoms with Crippen LogP contribution in [0.4, 0.5) is 0 Å². The van der Waals surface area contributed by atoms with Gasteiger partial charge in [0.15, 0.2) is 0 Å². The van der Waals surface area contributed by atoms with E-state index in [1.54, 1.807) is 19.2 Å². The summed E-state index contributed by atoms with van der Waals surface area (Å²) in [6, 6.07) is 1.63. The first-order valence-electron chi connectivity index (χ1n) is 3.95. The maximum atomic E-state index is 11.3. The molecule has 0 aliphatic rings. The highest BCUT2D eigenvalue weighted by molar-refractivity contribution is 9.10. The Balaban J connectivity index is 3.01. The number of pyridine rings is 1. The van der Waals surface area contributed by atoms with E-state index in [0.717, 1.165) is 5.69 Å². The van der Waals surface area contributed by atoms with Crippen LogP contribution in [-0.4, -0.2) is 17.6 Å². The number of rotatable bonds is 2. The molecule has 0 bridgehead atoms. The van der Waals surface area contributed by atoms with Crippen LogP contribution in [0.2, 0.25) is 0 Å². The Kier molecular flexibility index (Phi) is 3.42. The number of aromatic nitrogens is 1. The fourth-order valence-electron chi connectivity index (χ4n) is 0.915. The van der Waals surface area contributed by atoms with E-state index in [1.165, 1.54) is 0 Å². The summed E-state index contributed by atoms with van der Waals surface area (Å²) in [5.41, 5.74) is 1.31. The van der Waals surface area contributed by atoms with Gasteiger partial charge < -0.3 is 4.74 Å². The summed E-state index contributed by atoms with van der Waals surface area (Å²) in [4.78, 5) is 15.4. The molecular formula is C9H10BrNO2. The van der Waals surface area contributed by atoms with E-state index in [-0.39, 0.29) is 5.97 Å². The lowest BCUT2D eigenvalue weighted by Gasteiger charge is -2.04. The maximum absolute atomic E-state index is 11.3. The van der Waals surface area contributed by atoms with Crippen LogP contribution < -0.4 is 0 Å². The van der Waals surface area contributed by atoms with Crippen molar-refractivity contribution < 1.29 is 9.53 Å². The maximum Gasteiger partial charge on any atom is 0.339 e. The molecule has 0 saturated carbocycles. The van der Waals surface area contributed by atoms with Gasteiger partial charge in [0.1, 0.15) is 0 Å². The molecular weight excluding hydrogens is 234 g/mol. The first-order chi connectivity index (χ1) is 6.16. The van der Waals surface area contributed by atoms with Crippen molar-refractivity contribution in [3.8, 4) is 0 Å². The van der Waals surface area contributed by atoms with Crippen molar-refractivity contribution in [2.75, 3.05) is 6.61 Å². The van der Waals surface area contributed by atoms with E-state index < -0.39 is 0 Å². The summed E-state index contributed by atoms with van der Waals surface area (Å²) in [6.07, 6.45) is 1.59. The summed E-state index contributed by atoms with van der Waals surface area (Å²) in [5.74, 6) is -0.320. The van der Waals surface area contributed by atoms with Crippen LogP contribution in [0.5, 0.6) is 0 Å². The van der Waals surface area contributed by atoms with Crippen LogP contribution in [-0.2, 0) is 4.74 Å². The minimum Gasteiger partial charge on any atom is -0.462 e. The lowest BCUT2D eigenvalue weighted by atomic mass is 10.2. The molecule has 1 aromatic rings. The van der Waals surface area contributed by atoms with Gasteiger partial charge in [-0.3, -0.25) is 4.98 Å². The Morgan fingerprint density at radius 1 is 1.69 bits per heavy atom. The number of halogens is 1. The predicted molar refractivity (Wildman–Crippen MR) is 52.6 cm³/mol. The summed E-state index contributed by atoms with van der Waals surface area (Å²) in [6.45, 7) is 3.99. The monoisotopic (exact) mass is 243 g/mol. The van der Waals surface area contributed by atoms with Gasteiger partial charge in [-0.25, -0.2) is 4.79 Å². The summed E-state index contributed by atoms with van der Waals surface area (Å²) in [7, 11) is 0. The topological polar surface area (TPSA) is 39.2 Å². The fraction of sp³-hybridized carbons (Fsp3) is 0.333. The molecule has 0 fully saturated rings. The average molecular weight is 244 g/mol. The van der Waals surface area contributed by atoms with Crippen molar-refractivity contribution in [3.63, 3.8) is 0 Å². The number of aryl methyl sites for hydroxylation is 1. The fourth-order valence-corrected chi connectivity index (χ4v) is 1.31. The molecule has 0 N–H and O–H groups in total. The van der Waals surface area contributed by atoms with Crippen molar-refractivity contribution >= 4 is 21.9 Å². The minimum absolute atomic E-state index is 0.320. The van der Waals surface area contributed by atoms with Crippen molar-refractivity contribution in [1.29, 1.82) is 0 Å². The molecule has 0 saturated heterocycles. The van der Waals surface area contributed by atoms with Gasteiger partial charge in [-0.2, -0.15) is 0 Å². The van der Waals surface area contributed by atoms with E-state index in [1.807, 2.05) is 6.92 Å². The third-order valence-electron chi connectivity index (χ3n) is 1.56. The second-order valence-electron chi connectivity index (χ2n) is 2.48. The van der Waals surface area contributed by atoms with E-state index in [2.05, 4.69) is 20.9 Å². The van der Waals surface area contributed by atoms with Crippen LogP contribution in [0, 0.1) is 6.92 Å². The SMILES string of the molecule is CCOC(=O)c1ccnc(C)c1Br. The molecule has 0 radical (unpaired) electrons. The van der Waals surface area contributed by atoms with E-state index in [0.29, 0.717) is 16.6 Å². The van der Waals surface area contributed by atoms with Crippen LogP contribution in [0.1, 0.15) is 23.0 Å². The molecule has 1 heterocycles.